The molecular weight excluding hydrogens is 194 g/mol. The van der Waals surface area contributed by atoms with Crippen molar-refractivity contribution in [3.05, 3.63) is 0 Å². The molecule has 0 rings (SSSR count). The van der Waals surface area contributed by atoms with E-state index in [1.165, 1.54) is 0 Å². The molecule has 0 heterocycles. The van der Waals surface area contributed by atoms with Crippen molar-refractivity contribution in [2.75, 3.05) is 6.54 Å². The molecule has 0 spiro atoms. The number of nitrogens with one attached hydrogen (secondary N) is 1. The average Bonchev–Trinajstić information content (AvgIpc) is 2.00. The molecule has 0 saturated heterocycles. The highest BCUT2D eigenvalue weighted by atomic mass is 16.6. The lowest BCUT2D eigenvalue weighted by molar-refractivity contribution is 0.0503. The van der Waals surface area contributed by atoms with Gasteiger partial charge in [-0.1, -0.05) is 0 Å². The molecule has 0 aliphatic rings. The molecule has 0 radical (unpaired) electrons. The van der Waals surface area contributed by atoms with Gasteiger partial charge in [0.25, 0.3) is 0 Å². The molecule has 5 heteroatoms. The molecule has 1 amide bonds. The zero-order valence-corrected chi connectivity index (χ0v) is 9.88. The van der Waals surface area contributed by atoms with Gasteiger partial charge < -0.3 is 21.5 Å². The number of hydrogen-bond acceptors (Lipinski definition) is 4. The Balaban J connectivity index is 3.67. The van der Waals surface area contributed by atoms with E-state index in [1.807, 2.05) is 20.8 Å². The maximum Gasteiger partial charge on any atom is 0.408 e. The summed E-state index contributed by atoms with van der Waals surface area (Å²) in [5.41, 5.74) is 10.5. The first-order valence-corrected chi connectivity index (χ1v) is 5.30. The number of alkyl carbamates (subject to hydrolysis) is 1. The second kappa shape index (κ2) is 6.63. The van der Waals surface area contributed by atoms with Gasteiger partial charge in [0, 0.05) is 0 Å². The topological polar surface area (TPSA) is 90.4 Å². The van der Waals surface area contributed by atoms with E-state index in [9.17, 15) is 4.79 Å². The van der Waals surface area contributed by atoms with Crippen LogP contribution in [0.25, 0.3) is 0 Å². The SMILES string of the molecule is CC(C)(C)OC(=O)N[C@H](N)CCCCN. The number of hydrogen-bond donors (Lipinski definition) is 3. The Labute approximate surface area is 91.5 Å². The summed E-state index contributed by atoms with van der Waals surface area (Å²) in [5, 5.41) is 2.57. The van der Waals surface area contributed by atoms with Crippen LogP contribution < -0.4 is 16.8 Å². The fourth-order valence-corrected chi connectivity index (χ4v) is 1.04. The van der Waals surface area contributed by atoms with E-state index in [1.54, 1.807) is 0 Å². The quantitative estimate of drug-likeness (QED) is 0.472. The largest absolute Gasteiger partial charge is 0.444 e. The second-order valence-electron chi connectivity index (χ2n) is 4.54. The van der Waals surface area contributed by atoms with Crippen LogP contribution in [0.15, 0.2) is 0 Å². The Morgan fingerprint density at radius 2 is 2.00 bits per heavy atom. The van der Waals surface area contributed by atoms with Gasteiger partial charge in [-0.3, -0.25) is 0 Å². The third-order valence-corrected chi connectivity index (χ3v) is 1.67. The van der Waals surface area contributed by atoms with Gasteiger partial charge >= 0.3 is 6.09 Å². The minimum absolute atomic E-state index is 0.355. The van der Waals surface area contributed by atoms with Gasteiger partial charge in [0.05, 0.1) is 6.17 Å². The van der Waals surface area contributed by atoms with E-state index in [4.69, 9.17) is 16.2 Å². The molecule has 90 valence electrons. The summed E-state index contributed by atoms with van der Waals surface area (Å²) in [4.78, 5) is 11.3. The van der Waals surface area contributed by atoms with Crippen LogP contribution in [-0.2, 0) is 4.74 Å². The summed E-state index contributed by atoms with van der Waals surface area (Å²) in [7, 11) is 0. The molecule has 5 nitrogen and oxygen atoms in total. The first-order valence-electron chi connectivity index (χ1n) is 5.30. The van der Waals surface area contributed by atoms with Crippen LogP contribution in [0.2, 0.25) is 0 Å². The summed E-state index contributed by atoms with van der Waals surface area (Å²) in [6.07, 6.45) is 1.72. The van der Waals surface area contributed by atoms with E-state index >= 15 is 0 Å². The van der Waals surface area contributed by atoms with Crippen molar-refractivity contribution in [3.63, 3.8) is 0 Å². The van der Waals surface area contributed by atoms with Crippen molar-refractivity contribution in [1.29, 1.82) is 0 Å². The van der Waals surface area contributed by atoms with Crippen LogP contribution in [0.4, 0.5) is 4.79 Å². The van der Waals surface area contributed by atoms with E-state index in [2.05, 4.69) is 5.32 Å². The van der Waals surface area contributed by atoms with Gasteiger partial charge in [0.15, 0.2) is 0 Å². The second-order valence-corrected chi connectivity index (χ2v) is 4.54. The fraction of sp³-hybridized carbons (Fsp3) is 0.900. The van der Waals surface area contributed by atoms with E-state index in [0.29, 0.717) is 6.54 Å². The first kappa shape index (κ1) is 14.2. The standard InChI is InChI=1S/C10H23N3O2/c1-10(2,3)15-9(14)13-8(12)6-4-5-7-11/h8H,4-7,11-12H2,1-3H3,(H,13,14)/t8-/m0/s1. The van der Waals surface area contributed by atoms with Crippen molar-refractivity contribution in [1.82, 2.24) is 5.32 Å². The molecule has 1 atom stereocenters. The Morgan fingerprint density at radius 3 is 2.47 bits per heavy atom. The number of rotatable bonds is 5. The molecule has 5 N–H and O–H groups in total. The van der Waals surface area contributed by atoms with E-state index in [-0.39, 0.29) is 6.17 Å². The fourth-order valence-electron chi connectivity index (χ4n) is 1.04. The Bertz CT molecular complexity index is 190. The van der Waals surface area contributed by atoms with Gasteiger partial charge in [0.1, 0.15) is 5.60 Å². The van der Waals surface area contributed by atoms with Crippen LogP contribution >= 0.6 is 0 Å². The number of nitrogens with two attached hydrogens (primary N) is 2. The molecule has 0 aromatic rings. The van der Waals surface area contributed by atoms with Crippen LogP contribution in [0.5, 0.6) is 0 Å². The van der Waals surface area contributed by atoms with Gasteiger partial charge in [-0.25, -0.2) is 4.79 Å². The van der Waals surface area contributed by atoms with Crippen molar-refractivity contribution >= 4 is 6.09 Å². The number of carbonyl (C=O) groups is 1. The highest BCUT2D eigenvalue weighted by Gasteiger charge is 2.17. The molecule has 0 aliphatic heterocycles. The minimum Gasteiger partial charge on any atom is -0.444 e. The molecule has 0 aliphatic carbocycles. The van der Waals surface area contributed by atoms with Crippen molar-refractivity contribution in [2.24, 2.45) is 11.5 Å². The maximum absolute atomic E-state index is 11.3. The Kier molecular flexibility index (Phi) is 6.27. The van der Waals surface area contributed by atoms with Crippen LogP contribution in [-0.4, -0.2) is 24.4 Å². The minimum atomic E-state index is -0.485. The summed E-state index contributed by atoms with van der Waals surface area (Å²) >= 11 is 0. The summed E-state index contributed by atoms with van der Waals surface area (Å²) in [6.45, 7) is 6.09. The summed E-state index contributed by atoms with van der Waals surface area (Å²) < 4.78 is 5.06. The normalized spacial score (nSPS) is 13.4. The van der Waals surface area contributed by atoms with Crippen LogP contribution in [0.1, 0.15) is 40.0 Å². The van der Waals surface area contributed by atoms with Crippen molar-refractivity contribution < 1.29 is 9.53 Å². The maximum atomic E-state index is 11.3. The number of amides is 1. The molecule has 0 aromatic heterocycles. The zero-order valence-electron chi connectivity index (χ0n) is 9.88. The van der Waals surface area contributed by atoms with Gasteiger partial charge in [0.2, 0.25) is 0 Å². The predicted molar refractivity (Wildman–Crippen MR) is 60.3 cm³/mol. The lowest BCUT2D eigenvalue weighted by Crippen LogP contribution is -2.44. The van der Waals surface area contributed by atoms with E-state index < -0.39 is 11.7 Å². The third kappa shape index (κ3) is 9.49. The molecule has 0 aromatic carbocycles. The van der Waals surface area contributed by atoms with Crippen LogP contribution in [0, 0.1) is 0 Å². The van der Waals surface area contributed by atoms with Gasteiger partial charge in [-0.05, 0) is 46.6 Å². The first-order chi connectivity index (χ1) is 6.85. The lowest BCUT2D eigenvalue weighted by Gasteiger charge is -2.21. The van der Waals surface area contributed by atoms with Gasteiger partial charge in [-0.2, -0.15) is 0 Å². The smallest absolute Gasteiger partial charge is 0.408 e. The highest BCUT2D eigenvalue weighted by molar-refractivity contribution is 5.67. The monoisotopic (exact) mass is 217 g/mol. The molecule has 0 fully saturated rings. The number of ether oxygens (including phenoxy) is 1. The zero-order chi connectivity index (χ0) is 11.9. The third-order valence-electron chi connectivity index (χ3n) is 1.67. The van der Waals surface area contributed by atoms with Crippen molar-refractivity contribution in [2.45, 2.75) is 51.8 Å². The molecular formula is C10H23N3O2. The molecule has 15 heavy (non-hydrogen) atoms. The average molecular weight is 217 g/mol. The van der Waals surface area contributed by atoms with E-state index in [0.717, 1.165) is 19.3 Å². The predicted octanol–water partition coefficient (Wildman–Crippen LogP) is 0.925. The van der Waals surface area contributed by atoms with Gasteiger partial charge in [-0.15, -0.1) is 0 Å². The molecule has 0 bridgehead atoms. The number of unbranched alkanes of at least 4 members (excludes halogenated alkanes) is 1. The highest BCUT2D eigenvalue weighted by Crippen LogP contribution is 2.06. The molecule has 0 saturated carbocycles. The Morgan fingerprint density at radius 1 is 1.40 bits per heavy atom. The number of carbonyl (C=O) groups excluding carboxylic acids is 1. The summed E-state index contributed by atoms with van der Waals surface area (Å²) in [6, 6.07) is 0. The lowest BCUT2D eigenvalue weighted by atomic mass is 10.2. The molecule has 0 unspecified atom stereocenters. The van der Waals surface area contributed by atoms with Crippen molar-refractivity contribution in [3.8, 4) is 0 Å². The summed E-state index contributed by atoms with van der Waals surface area (Å²) in [5.74, 6) is 0. The Hall–Kier alpha value is -0.810. The van der Waals surface area contributed by atoms with Crippen LogP contribution in [0.3, 0.4) is 0 Å².